The normalized spacial score (nSPS) is 11.9. The second kappa shape index (κ2) is 6.09. The first-order chi connectivity index (χ1) is 9.80. The molecule has 0 aliphatic rings. The van der Waals surface area contributed by atoms with E-state index < -0.39 is 10.0 Å². The van der Waals surface area contributed by atoms with Crippen LogP contribution in [0.4, 0.5) is 5.69 Å². The quantitative estimate of drug-likeness (QED) is 0.916. The first-order valence-electron chi connectivity index (χ1n) is 6.32. The van der Waals surface area contributed by atoms with E-state index in [4.69, 9.17) is 16.0 Å². The lowest BCUT2D eigenvalue weighted by molar-refractivity contribution is 0.402. The van der Waals surface area contributed by atoms with Crippen molar-refractivity contribution < 1.29 is 12.8 Å². The van der Waals surface area contributed by atoms with Gasteiger partial charge in [0.15, 0.2) is 0 Å². The lowest BCUT2D eigenvalue weighted by Crippen LogP contribution is -2.21. The lowest BCUT2D eigenvalue weighted by Gasteiger charge is -2.08. The monoisotopic (exact) mass is 328 g/mol. The molecule has 0 atom stereocenters. The Morgan fingerprint density at radius 2 is 1.95 bits per heavy atom. The largest absolute Gasteiger partial charge is 0.446 e. The van der Waals surface area contributed by atoms with Crippen LogP contribution in [0.5, 0.6) is 0 Å². The molecule has 5 nitrogen and oxygen atoms in total. The molecule has 2 rings (SSSR count). The zero-order valence-corrected chi connectivity index (χ0v) is 13.6. The summed E-state index contributed by atoms with van der Waals surface area (Å²) in [7, 11) is -0.609. The molecule has 0 bridgehead atoms. The molecule has 7 heteroatoms. The maximum atomic E-state index is 11.9. The summed E-state index contributed by atoms with van der Waals surface area (Å²) in [6.07, 6.45) is 0. The van der Waals surface area contributed by atoms with E-state index in [-0.39, 0.29) is 5.09 Å². The molecule has 1 aromatic carbocycles. The molecule has 0 saturated carbocycles. The number of hydrogen-bond acceptors (Lipinski definition) is 4. The van der Waals surface area contributed by atoms with Gasteiger partial charge in [0.05, 0.1) is 6.54 Å². The van der Waals surface area contributed by atoms with E-state index in [1.165, 1.54) is 20.2 Å². The summed E-state index contributed by atoms with van der Waals surface area (Å²) >= 11 is 6.05. The highest BCUT2D eigenvalue weighted by Crippen LogP contribution is 2.21. The Hall–Kier alpha value is -1.50. The molecule has 0 aliphatic heterocycles. The highest BCUT2D eigenvalue weighted by Gasteiger charge is 2.21. The first kappa shape index (κ1) is 15.9. The van der Waals surface area contributed by atoms with Gasteiger partial charge in [-0.25, -0.2) is 12.7 Å². The van der Waals surface area contributed by atoms with Gasteiger partial charge in [0.2, 0.25) is 5.09 Å². The number of aryl methyl sites for hydroxylation is 1. The van der Waals surface area contributed by atoms with Crippen LogP contribution in [0.3, 0.4) is 0 Å². The lowest BCUT2D eigenvalue weighted by atomic mass is 10.2. The van der Waals surface area contributed by atoms with Gasteiger partial charge in [-0.05, 0) is 36.8 Å². The Kier molecular flexibility index (Phi) is 4.61. The van der Waals surface area contributed by atoms with Crippen LogP contribution in [0.25, 0.3) is 0 Å². The fraction of sp³-hybridized carbons (Fsp3) is 0.286. The van der Waals surface area contributed by atoms with Crippen molar-refractivity contribution in [2.75, 3.05) is 19.4 Å². The summed E-state index contributed by atoms with van der Waals surface area (Å²) < 4.78 is 30.3. The van der Waals surface area contributed by atoms with Gasteiger partial charge in [0.25, 0.3) is 10.0 Å². The topological polar surface area (TPSA) is 62.6 Å². The van der Waals surface area contributed by atoms with Crippen LogP contribution in [0.15, 0.2) is 39.8 Å². The highest BCUT2D eigenvalue weighted by molar-refractivity contribution is 7.88. The molecule has 0 saturated heterocycles. The number of furan rings is 1. The maximum absolute atomic E-state index is 11.9. The van der Waals surface area contributed by atoms with Crippen molar-refractivity contribution in [2.45, 2.75) is 18.6 Å². The van der Waals surface area contributed by atoms with Crippen molar-refractivity contribution in [1.82, 2.24) is 4.31 Å². The van der Waals surface area contributed by atoms with E-state index in [1.807, 2.05) is 25.1 Å². The molecule has 21 heavy (non-hydrogen) atoms. The standard InChI is InChI=1S/C14H17ClN2O3S/c1-10-4-5-11(8-13(10)15)16-9-12-6-7-14(20-12)21(18,19)17(2)3/h4-8,16H,9H2,1-3H3. The third-order valence-electron chi connectivity index (χ3n) is 3.01. The van der Waals surface area contributed by atoms with E-state index in [1.54, 1.807) is 6.07 Å². The van der Waals surface area contributed by atoms with Gasteiger partial charge >= 0.3 is 0 Å². The second-order valence-corrected chi connectivity index (χ2v) is 7.32. The number of sulfonamides is 1. The molecule has 0 fully saturated rings. The average molecular weight is 329 g/mol. The molecule has 0 radical (unpaired) electrons. The van der Waals surface area contributed by atoms with Crippen molar-refractivity contribution in [3.05, 3.63) is 46.7 Å². The van der Waals surface area contributed by atoms with Crippen LogP contribution in [-0.2, 0) is 16.6 Å². The van der Waals surface area contributed by atoms with E-state index in [9.17, 15) is 8.42 Å². The summed E-state index contributed by atoms with van der Waals surface area (Å²) in [5.74, 6) is 0.534. The van der Waals surface area contributed by atoms with E-state index in [0.29, 0.717) is 17.3 Å². The molecule has 114 valence electrons. The van der Waals surface area contributed by atoms with Gasteiger partial charge in [-0.2, -0.15) is 0 Å². The summed E-state index contributed by atoms with van der Waals surface area (Å²) in [5, 5.41) is 3.75. The van der Waals surface area contributed by atoms with Gasteiger partial charge in [0.1, 0.15) is 5.76 Å². The van der Waals surface area contributed by atoms with Crippen LogP contribution >= 0.6 is 11.6 Å². The molecule has 0 unspecified atom stereocenters. The SMILES string of the molecule is Cc1ccc(NCc2ccc(S(=O)(=O)N(C)C)o2)cc1Cl. The Labute approximate surface area is 129 Å². The fourth-order valence-electron chi connectivity index (χ4n) is 1.66. The second-order valence-electron chi connectivity index (χ2n) is 4.83. The minimum atomic E-state index is -3.53. The van der Waals surface area contributed by atoms with Crippen LogP contribution in [-0.4, -0.2) is 26.8 Å². The number of anilines is 1. The smallest absolute Gasteiger partial charge is 0.275 e. The summed E-state index contributed by atoms with van der Waals surface area (Å²) in [4.78, 5) is 0. The number of rotatable bonds is 5. The summed E-state index contributed by atoms with van der Waals surface area (Å²) in [6.45, 7) is 2.30. The zero-order valence-electron chi connectivity index (χ0n) is 12.1. The molecule has 0 spiro atoms. The van der Waals surface area contributed by atoms with Gasteiger partial charge in [-0.1, -0.05) is 17.7 Å². The van der Waals surface area contributed by atoms with Crippen molar-refractivity contribution in [3.8, 4) is 0 Å². The Morgan fingerprint density at radius 3 is 2.57 bits per heavy atom. The van der Waals surface area contributed by atoms with Crippen LogP contribution in [0.2, 0.25) is 5.02 Å². The molecule has 0 aliphatic carbocycles. The number of hydrogen-bond donors (Lipinski definition) is 1. The summed E-state index contributed by atoms with van der Waals surface area (Å²) in [5.41, 5.74) is 1.85. The number of nitrogens with one attached hydrogen (secondary N) is 1. The average Bonchev–Trinajstić information content (AvgIpc) is 2.89. The van der Waals surface area contributed by atoms with Gasteiger partial charge in [0, 0.05) is 24.8 Å². The van der Waals surface area contributed by atoms with Gasteiger partial charge < -0.3 is 9.73 Å². The summed E-state index contributed by atoms with van der Waals surface area (Å²) in [6, 6.07) is 8.72. The van der Waals surface area contributed by atoms with Crippen molar-refractivity contribution in [3.63, 3.8) is 0 Å². The Morgan fingerprint density at radius 1 is 1.24 bits per heavy atom. The Bertz CT molecular complexity index is 738. The van der Waals surface area contributed by atoms with E-state index in [2.05, 4.69) is 5.32 Å². The van der Waals surface area contributed by atoms with Crippen LogP contribution < -0.4 is 5.32 Å². The number of benzene rings is 1. The number of nitrogens with zero attached hydrogens (tertiary/aromatic N) is 1. The fourth-order valence-corrected chi connectivity index (χ4v) is 2.66. The maximum Gasteiger partial charge on any atom is 0.275 e. The molecular weight excluding hydrogens is 312 g/mol. The molecule has 0 amide bonds. The minimum absolute atomic E-state index is 0.0637. The van der Waals surface area contributed by atoms with Crippen molar-refractivity contribution >= 4 is 27.3 Å². The minimum Gasteiger partial charge on any atom is -0.446 e. The van der Waals surface area contributed by atoms with Crippen molar-refractivity contribution in [1.29, 1.82) is 0 Å². The van der Waals surface area contributed by atoms with Crippen LogP contribution in [0, 0.1) is 6.92 Å². The van der Waals surface area contributed by atoms with E-state index >= 15 is 0 Å². The first-order valence-corrected chi connectivity index (χ1v) is 8.14. The zero-order chi connectivity index (χ0) is 15.6. The molecule has 1 heterocycles. The Balaban J connectivity index is 2.08. The van der Waals surface area contributed by atoms with Crippen molar-refractivity contribution in [2.24, 2.45) is 0 Å². The number of halogens is 1. The third-order valence-corrected chi connectivity index (χ3v) is 5.11. The highest BCUT2D eigenvalue weighted by atomic mass is 35.5. The van der Waals surface area contributed by atoms with Gasteiger partial charge in [-0.3, -0.25) is 0 Å². The van der Waals surface area contributed by atoms with Gasteiger partial charge in [-0.15, -0.1) is 0 Å². The molecule has 1 aromatic heterocycles. The molecule has 1 N–H and O–H groups in total. The molecule has 2 aromatic rings. The molecular formula is C14H17ClN2O3S. The third kappa shape index (κ3) is 3.58. The predicted octanol–water partition coefficient (Wildman–Crippen LogP) is 3.10. The van der Waals surface area contributed by atoms with E-state index in [0.717, 1.165) is 15.6 Å². The predicted molar refractivity (Wildman–Crippen MR) is 83.1 cm³/mol. The van der Waals surface area contributed by atoms with Crippen LogP contribution in [0.1, 0.15) is 11.3 Å².